The molecule has 6 rings (SSSR count). The van der Waals surface area contributed by atoms with E-state index in [4.69, 9.17) is 9.47 Å². The highest BCUT2D eigenvalue weighted by Crippen LogP contribution is 2.46. The molecule has 1 fully saturated rings. The summed E-state index contributed by atoms with van der Waals surface area (Å²) >= 11 is 1.28. The van der Waals surface area contributed by atoms with Crippen molar-refractivity contribution in [3.05, 3.63) is 71.2 Å². The molecular weight excluding hydrogens is 496 g/mol. The highest BCUT2D eigenvalue weighted by atomic mass is 32.1. The monoisotopic (exact) mass is 520 g/mol. The zero-order chi connectivity index (χ0) is 23.9. The first-order valence-electron chi connectivity index (χ1n) is 11.3. The second kappa shape index (κ2) is 9.81. The smallest absolute Gasteiger partial charge is 0.331 e. The molecule has 36 heavy (non-hydrogen) atoms. The number of rotatable bonds is 5. The Balaban J connectivity index is 0.00000267. The Morgan fingerprint density at radius 1 is 1.17 bits per heavy atom. The highest BCUT2D eigenvalue weighted by molar-refractivity contribution is 7.59. The molecular formula is C26H24N4O4S2. The summed E-state index contributed by atoms with van der Waals surface area (Å²) in [7, 11) is 0. The molecule has 0 saturated carbocycles. The molecule has 2 N–H and O–H groups in total. The Morgan fingerprint density at radius 2 is 2.00 bits per heavy atom. The lowest BCUT2D eigenvalue weighted by atomic mass is 10.1. The number of hydrogen-bond donors (Lipinski definition) is 2. The van der Waals surface area contributed by atoms with E-state index in [0.29, 0.717) is 40.0 Å². The summed E-state index contributed by atoms with van der Waals surface area (Å²) in [6, 6.07) is 16.6. The largest absolute Gasteiger partial charge is 0.457 e. The molecule has 8 nitrogen and oxygen atoms in total. The van der Waals surface area contributed by atoms with Crippen molar-refractivity contribution >= 4 is 64.0 Å². The lowest BCUT2D eigenvalue weighted by Crippen LogP contribution is -2.37. The van der Waals surface area contributed by atoms with Crippen LogP contribution in [0.25, 0.3) is 10.2 Å². The van der Waals surface area contributed by atoms with Gasteiger partial charge in [0.25, 0.3) is 5.91 Å². The molecule has 2 aromatic heterocycles. The maximum absolute atomic E-state index is 13.4. The van der Waals surface area contributed by atoms with Gasteiger partial charge in [0.1, 0.15) is 21.2 Å². The first kappa shape index (κ1) is 24.1. The number of aryl methyl sites for hydroxylation is 1. The predicted octanol–water partition coefficient (Wildman–Crippen LogP) is 5.71. The number of para-hydroxylation sites is 1. The van der Waals surface area contributed by atoms with Crippen LogP contribution in [-0.2, 0) is 4.74 Å². The van der Waals surface area contributed by atoms with Crippen LogP contribution in [0.4, 0.5) is 21.9 Å². The van der Waals surface area contributed by atoms with Gasteiger partial charge < -0.3 is 20.1 Å². The summed E-state index contributed by atoms with van der Waals surface area (Å²) in [6.07, 6.45) is 2.44. The van der Waals surface area contributed by atoms with Crippen molar-refractivity contribution in [1.29, 1.82) is 0 Å². The Morgan fingerprint density at radius 3 is 2.75 bits per heavy atom. The molecule has 10 heteroatoms. The van der Waals surface area contributed by atoms with E-state index in [1.54, 1.807) is 17.2 Å². The van der Waals surface area contributed by atoms with Gasteiger partial charge in [0.2, 0.25) is 0 Å². The molecule has 0 unspecified atom stereocenters. The SMILES string of the molecule is Cc1cc(Oc2ccccc2)ccc1N1C(=O)Nc2c(C(=O)N[C@H]3CCOC3)sc3nccc1c23.S. The van der Waals surface area contributed by atoms with E-state index in [1.807, 2.05) is 55.5 Å². The van der Waals surface area contributed by atoms with E-state index in [1.165, 1.54) is 11.3 Å². The van der Waals surface area contributed by atoms with Gasteiger partial charge in [0.05, 0.1) is 35.1 Å². The number of nitrogens with zero attached hydrogens (tertiary/aromatic N) is 2. The fourth-order valence-corrected chi connectivity index (χ4v) is 5.47. The Labute approximate surface area is 218 Å². The van der Waals surface area contributed by atoms with Crippen molar-refractivity contribution in [3.63, 3.8) is 0 Å². The Bertz CT molecular complexity index is 1450. The van der Waals surface area contributed by atoms with Gasteiger partial charge >= 0.3 is 6.03 Å². The van der Waals surface area contributed by atoms with Crippen LogP contribution in [0.3, 0.4) is 0 Å². The van der Waals surface area contributed by atoms with Crippen LogP contribution in [-0.4, -0.2) is 36.2 Å². The minimum atomic E-state index is -0.332. The number of thiophene rings is 1. The summed E-state index contributed by atoms with van der Waals surface area (Å²) in [5.74, 6) is 1.20. The summed E-state index contributed by atoms with van der Waals surface area (Å²) in [4.78, 5) is 33.6. The van der Waals surface area contributed by atoms with Crippen LogP contribution in [0.15, 0.2) is 60.8 Å². The summed E-state index contributed by atoms with van der Waals surface area (Å²) in [5.41, 5.74) is 2.79. The minimum absolute atomic E-state index is 0. The van der Waals surface area contributed by atoms with Gasteiger partial charge in [0, 0.05) is 12.8 Å². The summed E-state index contributed by atoms with van der Waals surface area (Å²) in [6.45, 7) is 3.07. The van der Waals surface area contributed by atoms with Gasteiger partial charge in [-0.25, -0.2) is 9.78 Å². The lowest BCUT2D eigenvalue weighted by molar-refractivity contribution is 0.0935. The molecule has 2 aromatic carbocycles. The number of carbonyl (C=O) groups excluding carboxylic acids is 2. The van der Waals surface area contributed by atoms with Gasteiger partial charge in [-0.15, -0.1) is 11.3 Å². The average molecular weight is 521 g/mol. The zero-order valence-electron chi connectivity index (χ0n) is 19.4. The van der Waals surface area contributed by atoms with Gasteiger partial charge in [-0.05, 0) is 55.3 Å². The quantitative estimate of drug-likeness (QED) is 0.352. The molecule has 4 aromatic rings. The molecule has 1 saturated heterocycles. The summed E-state index contributed by atoms with van der Waals surface area (Å²) < 4.78 is 11.3. The van der Waals surface area contributed by atoms with Crippen molar-refractivity contribution in [2.45, 2.75) is 19.4 Å². The maximum atomic E-state index is 13.4. The number of benzene rings is 2. The molecule has 1 atom stereocenters. The lowest BCUT2D eigenvalue weighted by Gasteiger charge is -2.29. The normalized spacial score (nSPS) is 16.4. The number of carbonyl (C=O) groups is 2. The first-order valence-corrected chi connectivity index (χ1v) is 12.1. The van der Waals surface area contributed by atoms with Crippen LogP contribution in [0.1, 0.15) is 21.7 Å². The zero-order valence-corrected chi connectivity index (χ0v) is 21.2. The highest BCUT2D eigenvalue weighted by Gasteiger charge is 2.34. The number of amides is 3. The maximum Gasteiger partial charge on any atom is 0.331 e. The molecule has 2 aliphatic rings. The van der Waals surface area contributed by atoms with Gasteiger partial charge in [-0.3, -0.25) is 9.69 Å². The molecule has 0 radical (unpaired) electrons. The van der Waals surface area contributed by atoms with Crippen LogP contribution in [0.5, 0.6) is 11.5 Å². The molecule has 0 bridgehead atoms. The number of nitrogens with one attached hydrogen (secondary N) is 2. The second-order valence-corrected chi connectivity index (χ2v) is 9.48. The van der Waals surface area contributed by atoms with Crippen molar-refractivity contribution in [2.75, 3.05) is 23.4 Å². The fraction of sp³-hybridized carbons (Fsp3) is 0.192. The van der Waals surface area contributed by atoms with E-state index < -0.39 is 0 Å². The number of pyridine rings is 1. The molecule has 2 aliphatic heterocycles. The van der Waals surface area contributed by atoms with Gasteiger partial charge in [-0.1, -0.05) is 18.2 Å². The van der Waals surface area contributed by atoms with Crippen LogP contribution < -0.4 is 20.3 Å². The van der Waals surface area contributed by atoms with E-state index >= 15 is 0 Å². The van der Waals surface area contributed by atoms with Crippen LogP contribution in [0.2, 0.25) is 0 Å². The van der Waals surface area contributed by atoms with E-state index in [-0.39, 0.29) is 31.5 Å². The number of anilines is 3. The average Bonchev–Trinajstić information content (AvgIpc) is 3.50. The van der Waals surface area contributed by atoms with E-state index in [9.17, 15) is 9.59 Å². The van der Waals surface area contributed by atoms with Crippen molar-refractivity contribution in [3.8, 4) is 11.5 Å². The molecule has 3 amide bonds. The molecule has 0 aliphatic carbocycles. The number of urea groups is 1. The van der Waals surface area contributed by atoms with Crippen molar-refractivity contribution in [2.24, 2.45) is 0 Å². The van der Waals surface area contributed by atoms with Crippen molar-refractivity contribution < 1.29 is 19.1 Å². The number of ether oxygens (including phenoxy) is 2. The van der Waals surface area contributed by atoms with Gasteiger partial charge in [-0.2, -0.15) is 13.5 Å². The minimum Gasteiger partial charge on any atom is -0.457 e. The van der Waals surface area contributed by atoms with E-state index in [0.717, 1.165) is 28.8 Å². The molecule has 184 valence electrons. The van der Waals surface area contributed by atoms with Crippen molar-refractivity contribution in [1.82, 2.24) is 10.3 Å². The summed E-state index contributed by atoms with van der Waals surface area (Å²) in [5, 5.41) is 6.71. The standard InChI is InChI=1S/C26H22N4O4S.H2S/c1-15-13-18(34-17-5-3-2-4-6-17)7-8-19(15)30-20-9-11-27-25-21(20)22(29-26(30)32)23(35-25)24(31)28-16-10-12-33-14-16;/h2-9,11,13,16H,10,12,14H2,1H3,(H,28,31)(H,29,32);1H2/t16-;/m0./s1. The molecule has 4 heterocycles. The second-order valence-electron chi connectivity index (χ2n) is 8.48. The Hall–Kier alpha value is -3.60. The third kappa shape index (κ3) is 4.27. The topological polar surface area (TPSA) is 92.8 Å². The first-order chi connectivity index (χ1) is 17.1. The third-order valence-corrected chi connectivity index (χ3v) is 7.20. The fourth-order valence-electron chi connectivity index (χ4n) is 4.45. The van der Waals surface area contributed by atoms with Gasteiger partial charge in [0.15, 0.2) is 0 Å². The number of aromatic nitrogens is 1. The van der Waals surface area contributed by atoms with E-state index in [2.05, 4.69) is 15.6 Å². The molecule has 0 spiro atoms. The van der Waals surface area contributed by atoms with Crippen LogP contribution in [0, 0.1) is 6.92 Å². The number of hydrogen-bond acceptors (Lipinski definition) is 6. The van der Waals surface area contributed by atoms with Crippen LogP contribution >= 0.6 is 24.8 Å². The Kier molecular flexibility index (Phi) is 6.57. The third-order valence-electron chi connectivity index (χ3n) is 6.11. The predicted molar refractivity (Wildman–Crippen MR) is 146 cm³/mol.